The van der Waals surface area contributed by atoms with E-state index in [0.29, 0.717) is 25.8 Å². The number of alkyl halides is 1. The average Bonchev–Trinajstić information content (AvgIpc) is 2.77. The van der Waals surface area contributed by atoms with E-state index in [-0.39, 0.29) is 18.2 Å². The standard InChI is InChI=1S/C12H18FNO3/c13-9-4-1-3-8(7-9)11(15)14-6-2-5-10(14)12(16)17/h8-10H,1-7H2,(H,16,17)/t8?,9?,10-/m1/s1. The minimum absolute atomic E-state index is 0.155. The van der Waals surface area contributed by atoms with Crippen molar-refractivity contribution in [2.24, 2.45) is 5.92 Å². The molecular weight excluding hydrogens is 225 g/mol. The average molecular weight is 243 g/mol. The van der Waals surface area contributed by atoms with Gasteiger partial charge in [-0.2, -0.15) is 0 Å². The summed E-state index contributed by atoms with van der Waals surface area (Å²) >= 11 is 0. The number of amides is 1. The summed E-state index contributed by atoms with van der Waals surface area (Å²) in [5.41, 5.74) is 0. The summed E-state index contributed by atoms with van der Waals surface area (Å²) in [4.78, 5) is 24.6. The van der Waals surface area contributed by atoms with Gasteiger partial charge in [0, 0.05) is 12.5 Å². The lowest BCUT2D eigenvalue weighted by atomic mass is 9.87. The smallest absolute Gasteiger partial charge is 0.326 e. The molecule has 2 fully saturated rings. The van der Waals surface area contributed by atoms with Crippen molar-refractivity contribution in [1.82, 2.24) is 4.90 Å². The van der Waals surface area contributed by atoms with Crippen molar-refractivity contribution in [3.63, 3.8) is 0 Å². The number of rotatable bonds is 2. The van der Waals surface area contributed by atoms with E-state index in [1.807, 2.05) is 0 Å². The number of hydrogen-bond acceptors (Lipinski definition) is 2. The van der Waals surface area contributed by atoms with Crippen LogP contribution in [0.25, 0.3) is 0 Å². The third-order valence-corrected chi connectivity index (χ3v) is 3.78. The highest BCUT2D eigenvalue weighted by Crippen LogP contribution is 2.30. The predicted octanol–water partition coefficient (Wildman–Crippen LogP) is 1.59. The number of halogens is 1. The van der Waals surface area contributed by atoms with Gasteiger partial charge in [-0.25, -0.2) is 9.18 Å². The van der Waals surface area contributed by atoms with Gasteiger partial charge in [0.05, 0.1) is 0 Å². The van der Waals surface area contributed by atoms with Crippen LogP contribution in [0.3, 0.4) is 0 Å². The number of likely N-dealkylation sites (tertiary alicyclic amines) is 1. The first-order chi connectivity index (χ1) is 8.09. The van der Waals surface area contributed by atoms with Crippen molar-refractivity contribution in [1.29, 1.82) is 0 Å². The summed E-state index contributed by atoms with van der Waals surface area (Å²) in [6.07, 6.45) is 2.57. The van der Waals surface area contributed by atoms with Gasteiger partial charge in [0.25, 0.3) is 0 Å². The lowest BCUT2D eigenvalue weighted by Gasteiger charge is -2.30. The van der Waals surface area contributed by atoms with Crippen LogP contribution >= 0.6 is 0 Å². The molecule has 0 radical (unpaired) electrons. The first-order valence-corrected chi connectivity index (χ1v) is 6.27. The monoisotopic (exact) mass is 243 g/mol. The second-order valence-electron chi connectivity index (χ2n) is 4.99. The van der Waals surface area contributed by atoms with E-state index in [2.05, 4.69) is 0 Å². The minimum Gasteiger partial charge on any atom is -0.480 e. The molecule has 0 aromatic carbocycles. The molecule has 0 bridgehead atoms. The van der Waals surface area contributed by atoms with E-state index < -0.39 is 18.2 Å². The van der Waals surface area contributed by atoms with Crippen LogP contribution in [0.2, 0.25) is 0 Å². The summed E-state index contributed by atoms with van der Waals surface area (Å²) in [6.45, 7) is 0.503. The maximum atomic E-state index is 13.2. The zero-order valence-corrected chi connectivity index (χ0v) is 9.77. The molecule has 4 nitrogen and oxygen atoms in total. The zero-order chi connectivity index (χ0) is 12.4. The molecule has 0 aromatic heterocycles. The third kappa shape index (κ3) is 2.58. The summed E-state index contributed by atoms with van der Waals surface area (Å²) in [5.74, 6) is -1.40. The molecule has 5 heteroatoms. The number of carbonyl (C=O) groups excluding carboxylic acids is 1. The fourth-order valence-corrected chi connectivity index (χ4v) is 2.88. The van der Waals surface area contributed by atoms with Crippen LogP contribution in [0.5, 0.6) is 0 Å². The molecule has 1 aliphatic heterocycles. The van der Waals surface area contributed by atoms with Crippen LogP contribution in [-0.4, -0.2) is 40.6 Å². The van der Waals surface area contributed by atoms with E-state index >= 15 is 0 Å². The summed E-state index contributed by atoms with van der Waals surface area (Å²) in [5, 5.41) is 9.01. The van der Waals surface area contributed by atoms with E-state index in [1.54, 1.807) is 0 Å². The molecule has 1 saturated carbocycles. The number of nitrogens with zero attached hydrogens (tertiary/aromatic N) is 1. The Morgan fingerprint density at radius 2 is 1.94 bits per heavy atom. The number of carboxylic acid groups (broad SMARTS) is 1. The molecule has 0 spiro atoms. The number of carbonyl (C=O) groups is 2. The topological polar surface area (TPSA) is 57.6 Å². The van der Waals surface area contributed by atoms with Crippen molar-refractivity contribution >= 4 is 11.9 Å². The Morgan fingerprint density at radius 1 is 1.18 bits per heavy atom. The van der Waals surface area contributed by atoms with Gasteiger partial charge < -0.3 is 10.0 Å². The minimum atomic E-state index is -0.941. The molecule has 2 aliphatic rings. The van der Waals surface area contributed by atoms with Crippen LogP contribution in [0.4, 0.5) is 4.39 Å². The summed E-state index contributed by atoms with van der Waals surface area (Å²) in [7, 11) is 0. The van der Waals surface area contributed by atoms with Crippen molar-refractivity contribution in [3.05, 3.63) is 0 Å². The normalized spacial score (nSPS) is 33.7. The van der Waals surface area contributed by atoms with Gasteiger partial charge in [-0.15, -0.1) is 0 Å². The van der Waals surface area contributed by atoms with Crippen molar-refractivity contribution in [2.75, 3.05) is 6.54 Å². The molecule has 0 aromatic rings. The highest BCUT2D eigenvalue weighted by Gasteiger charge is 2.38. The summed E-state index contributed by atoms with van der Waals surface area (Å²) < 4.78 is 13.2. The SMILES string of the molecule is O=C(O)[C@H]1CCCN1C(=O)C1CCCC(F)C1. The highest BCUT2D eigenvalue weighted by atomic mass is 19.1. The van der Waals surface area contributed by atoms with Crippen LogP contribution in [0.1, 0.15) is 38.5 Å². The zero-order valence-electron chi connectivity index (χ0n) is 9.77. The lowest BCUT2D eigenvalue weighted by molar-refractivity contribution is -0.150. The molecule has 2 unspecified atom stereocenters. The van der Waals surface area contributed by atoms with Gasteiger partial charge >= 0.3 is 5.97 Å². The molecule has 1 N–H and O–H groups in total. The van der Waals surface area contributed by atoms with Crippen LogP contribution in [-0.2, 0) is 9.59 Å². The van der Waals surface area contributed by atoms with Crippen molar-refractivity contribution < 1.29 is 19.1 Å². The molecule has 1 amide bonds. The Bertz CT molecular complexity index is 321. The molecule has 17 heavy (non-hydrogen) atoms. The third-order valence-electron chi connectivity index (χ3n) is 3.78. The van der Waals surface area contributed by atoms with E-state index in [4.69, 9.17) is 5.11 Å². The Kier molecular flexibility index (Phi) is 3.64. The highest BCUT2D eigenvalue weighted by molar-refractivity contribution is 5.85. The van der Waals surface area contributed by atoms with E-state index in [0.717, 1.165) is 12.8 Å². The second kappa shape index (κ2) is 5.02. The lowest BCUT2D eigenvalue weighted by Crippen LogP contribution is -2.44. The molecule has 1 heterocycles. The predicted molar refractivity (Wildman–Crippen MR) is 59.2 cm³/mol. The maximum Gasteiger partial charge on any atom is 0.326 e. The first kappa shape index (κ1) is 12.3. The molecule has 1 aliphatic carbocycles. The molecule has 2 rings (SSSR count). The fraction of sp³-hybridized carbons (Fsp3) is 0.833. The van der Waals surface area contributed by atoms with E-state index in [9.17, 15) is 14.0 Å². The fourth-order valence-electron chi connectivity index (χ4n) is 2.88. The van der Waals surface area contributed by atoms with Gasteiger partial charge in [0.15, 0.2) is 0 Å². The number of hydrogen-bond donors (Lipinski definition) is 1. The maximum absolute atomic E-state index is 13.2. The van der Waals surface area contributed by atoms with Gasteiger partial charge in [-0.1, -0.05) is 0 Å². The van der Waals surface area contributed by atoms with Gasteiger partial charge in [0.1, 0.15) is 12.2 Å². The molecule has 96 valence electrons. The van der Waals surface area contributed by atoms with Crippen molar-refractivity contribution in [3.8, 4) is 0 Å². The van der Waals surface area contributed by atoms with Crippen LogP contribution in [0, 0.1) is 5.92 Å². The largest absolute Gasteiger partial charge is 0.480 e. The van der Waals surface area contributed by atoms with Gasteiger partial charge in [-0.3, -0.25) is 4.79 Å². The molecule has 3 atom stereocenters. The Labute approximate surface area is 99.8 Å². The van der Waals surface area contributed by atoms with Crippen molar-refractivity contribution in [2.45, 2.75) is 50.7 Å². The molecular formula is C12H18FNO3. The number of aliphatic carboxylic acids is 1. The first-order valence-electron chi connectivity index (χ1n) is 6.27. The van der Waals surface area contributed by atoms with Gasteiger partial charge in [0.2, 0.25) is 5.91 Å². The van der Waals surface area contributed by atoms with Gasteiger partial charge in [-0.05, 0) is 38.5 Å². The van der Waals surface area contributed by atoms with Crippen LogP contribution in [0.15, 0.2) is 0 Å². The van der Waals surface area contributed by atoms with Crippen LogP contribution < -0.4 is 0 Å². The quantitative estimate of drug-likeness (QED) is 0.801. The second-order valence-corrected chi connectivity index (χ2v) is 4.99. The van der Waals surface area contributed by atoms with E-state index in [1.165, 1.54) is 4.90 Å². The number of carboxylic acids is 1. The molecule has 1 saturated heterocycles. The Hall–Kier alpha value is -1.13. The Balaban J connectivity index is 2.01. The Morgan fingerprint density at radius 3 is 2.59 bits per heavy atom. The summed E-state index contributed by atoms with van der Waals surface area (Å²) in [6, 6.07) is -0.692.